The predicted octanol–water partition coefficient (Wildman–Crippen LogP) is 3.77. The Hall–Kier alpha value is -3.41. The summed E-state index contributed by atoms with van der Waals surface area (Å²) >= 11 is 0. The molecule has 2 amide bonds. The minimum Gasteiger partial charge on any atom is -0.427 e. The minimum atomic E-state index is -0.462. The smallest absolute Gasteiger partial charge is 0.308 e. The first-order valence-electron chi connectivity index (χ1n) is 8.16. The third-order valence-electron chi connectivity index (χ3n) is 3.30. The molecule has 0 fully saturated rings. The molecule has 0 spiro atoms. The Morgan fingerprint density at radius 1 is 1.00 bits per heavy atom. The van der Waals surface area contributed by atoms with E-state index < -0.39 is 5.97 Å². The van der Waals surface area contributed by atoms with Crippen LogP contribution in [0.3, 0.4) is 0 Å². The summed E-state index contributed by atoms with van der Waals surface area (Å²) in [4.78, 5) is 35.4. The number of carbonyl (C=O) groups is 3. The second-order valence-corrected chi connectivity index (χ2v) is 5.42. The number of carbonyl (C=O) groups excluding carboxylic acids is 3. The van der Waals surface area contributed by atoms with E-state index in [1.165, 1.54) is 19.1 Å². The molecule has 0 saturated heterocycles. The molecule has 134 valence electrons. The third kappa shape index (κ3) is 5.59. The van der Waals surface area contributed by atoms with E-state index in [1.807, 2.05) is 6.92 Å². The highest BCUT2D eigenvalue weighted by Gasteiger charge is 2.11. The molecule has 0 bridgehead atoms. The highest BCUT2D eigenvalue weighted by atomic mass is 16.5. The average Bonchev–Trinajstić information content (AvgIpc) is 2.61. The molecule has 0 aromatic heterocycles. The van der Waals surface area contributed by atoms with Crippen molar-refractivity contribution in [1.29, 1.82) is 0 Å². The number of hydrogen-bond acceptors (Lipinski definition) is 4. The van der Waals surface area contributed by atoms with E-state index in [-0.39, 0.29) is 17.6 Å². The van der Waals surface area contributed by atoms with Gasteiger partial charge in [0.2, 0.25) is 5.91 Å². The van der Waals surface area contributed by atoms with Gasteiger partial charge in [0.25, 0.3) is 5.91 Å². The fourth-order valence-corrected chi connectivity index (χ4v) is 2.16. The number of nitrogens with one attached hydrogen (secondary N) is 2. The maximum atomic E-state index is 12.5. The minimum absolute atomic E-state index is 0.273. The number of anilines is 2. The lowest BCUT2D eigenvalue weighted by molar-refractivity contribution is -0.131. The second-order valence-electron chi connectivity index (χ2n) is 5.42. The van der Waals surface area contributed by atoms with Crippen LogP contribution in [-0.4, -0.2) is 17.8 Å². The first kappa shape index (κ1) is 18.9. The van der Waals surface area contributed by atoms with Crippen LogP contribution in [0.15, 0.2) is 60.7 Å². The van der Waals surface area contributed by atoms with Crippen molar-refractivity contribution >= 4 is 29.2 Å². The van der Waals surface area contributed by atoms with Crippen LogP contribution in [0.2, 0.25) is 0 Å². The van der Waals surface area contributed by atoms with Crippen LogP contribution in [0.1, 0.15) is 30.6 Å². The monoisotopic (exact) mass is 352 g/mol. The molecule has 6 nitrogen and oxygen atoms in total. The molecule has 2 aromatic carbocycles. The number of ether oxygens (including phenoxy) is 1. The molecule has 0 saturated carbocycles. The van der Waals surface area contributed by atoms with Gasteiger partial charge in [-0.3, -0.25) is 14.4 Å². The lowest BCUT2D eigenvalue weighted by Gasteiger charge is -2.12. The Balaban J connectivity index is 2.15. The Kier molecular flexibility index (Phi) is 6.68. The molecule has 26 heavy (non-hydrogen) atoms. The van der Waals surface area contributed by atoms with Gasteiger partial charge in [0, 0.05) is 12.5 Å². The summed E-state index contributed by atoms with van der Waals surface area (Å²) in [5.41, 5.74) is 1.28. The Bertz CT molecular complexity index is 843. The van der Waals surface area contributed by atoms with Crippen molar-refractivity contribution in [2.45, 2.75) is 20.3 Å². The summed E-state index contributed by atoms with van der Waals surface area (Å²) in [6.07, 6.45) is 3.95. The fraction of sp³-hybridized carbons (Fsp3) is 0.150. The fourth-order valence-electron chi connectivity index (χ4n) is 2.16. The molecule has 0 radical (unpaired) electrons. The van der Waals surface area contributed by atoms with Gasteiger partial charge >= 0.3 is 5.97 Å². The number of para-hydroxylation sites is 2. The van der Waals surface area contributed by atoms with Crippen molar-refractivity contribution in [2.24, 2.45) is 0 Å². The van der Waals surface area contributed by atoms with Crippen LogP contribution in [0.5, 0.6) is 5.75 Å². The van der Waals surface area contributed by atoms with E-state index in [0.717, 1.165) is 6.42 Å². The number of hydrogen-bond donors (Lipinski definition) is 2. The molecule has 0 aliphatic rings. The molecule has 2 N–H and O–H groups in total. The van der Waals surface area contributed by atoms with Crippen molar-refractivity contribution in [1.82, 2.24) is 0 Å². The zero-order chi connectivity index (χ0) is 18.9. The molecule has 0 atom stereocenters. The molecule has 6 heteroatoms. The maximum absolute atomic E-state index is 12.5. The van der Waals surface area contributed by atoms with Crippen molar-refractivity contribution in [3.63, 3.8) is 0 Å². The van der Waals surface area contributed by atoms with E-state index in [9.17, 15) is 14.4 Å². The summed E-state index contributed by atoms with van der Waals surface area (Å²) in [5.74, 6) is -0.831. The lowest BCUT2D eigenvalue weighted by Crippen LogP contribution is -2.15. The van der Waals surface area contributed by atoms with Gasteiger partial charge in [-0.15, -0.1) is 0 Å². The maximum Gasteiger partial charge on any atom is 0.308 e. The number of amides is 2. The summed E-state index contributed by atoms with van der Waals surface area (Å²) < 4.78 is 4.99. The average molecular weight is 352 g/mol. The standard InChI is InChI=1S/C20H20N2O4/c1-3-4-12-19(24)21-17-10-5-6-11-18(17)22-20(25)15-8-7-9-16(13-15)26-14(2)23/h4-13H,3H2,1-2H3,(H,21,24)(H,22,25)/b12-4+. The van der Waals surface area contributed by atoms with E-state index in [4.69, 9.17) is 4.74 Å². The SMILES string of the molecule is CC/C=C/C(=O)Nc1ccccc1NC(=O)c1cccc(OC(C)=O)c1. The van der Waals surface area contributed by atoms with Gasteiger partial charge in [-0.05, 0) is 42.8 Å². The summed E-state index contributed by atoms with van der Waals surface area (Å²) in [5, 5.41) is 5.48. The summed E-state index contributed by atoms with van der Waals surface area (Å²) in [6.45, 7) is 3.22. The number of rotatable bonds is 6. The third-order valence-corrected chi connectivity index (χ3v) is 3.30. The molecular weight excluding hydrogens is 332 g/mol. The normalized spacial score (nSPS) is 10.4. The second kappa shape index (κ2) is 9.17. The zero-order valence-electron chi connectivity index (χ0n) is 14.6. The van der Waals surface area contributed by atoms with Crippen molar-refractivity contribution in [3.8, 4) is 5.75 Å². The van der Waals surface area contributed by atoms with Gasteiger partial charge in [-0.25, -0.2) is 0 Å². The molecule has 0 unspecified atom stereocenters. The summed E-state index contributed by atoms with van der Waals surface area (Å²) in [6, 6.07) is 13.2. The van der Waals surface area contributed by atoms with Gasteiger partial charge in [0.05, 0.1) is 11.4 Å². The Morgan fingerprint density at radius 2 is 1.69 bits per heavy atom. The predicted molar refractivity (Wildman–Crippen MR) is 100 cm³/mol. The van der Waals surface area contributed by atoms with Gasteiger partial charge in [0.1, 0.15) is 5.75 Å². The van der Waals surface area contributed by atoms with E-state index in [2.05, 4.69) is 10.6 Å². The Morgan fingerprint density at radius 3 is 2.35 bits per heavy atom. The number of esters is 1. The lowest BCUT2D eigenvalue weighted by atomic mass is 10.2. The Labute approximate surface area is 151 Å². The zero-order valence-corrected chi connectivity index (χ0v) is 14.6. The highest BCUT2D eigenvalue weighted by Crippen LogP contribution is 2.22. The van der Waals surface area contributed by atoms with Crippen molar-refractivity contribution in [2.75, 3.05) is 10.6 Å². The molecule has 2 rings (SSSR count). The van der Waals surface area contributed by atoms with Gasteiger partial charge < -0.3 is 15.4 Å². The van der Waals surface area contributed by atoms with Crippen LogP contribution in [0, 0.1) is 0 Å². The largest absolute Gasteiger partial charge is 0.427 e. The van der Waals surface area contributed by atoms with Crippen molar-refractivity contribution < 1.29 is 19.1 Å². The molecular formula is C20H20N2O4. The van der Waals surface area contributed by atoms with Gasteiger partial charge in [0.15, 0.2) is 0 Å². The van der Waals surface area contributed by atoms with Crippen LogP contribution < -0.4 is 15.4 Å². The number of allylic oxidation sites excluding steroid dienone is 1. The first-order valence-corrected chi connectivity index (χ1v) is 8.16. The van der Waals surface area contributed by atoms with Crippen LogP contribution in [0.25, 0.3) is 0 Å². The van der Waals surface area contributed by atoms with E-state index >= 15 is 0 Å². The van der Waals surface area contributed by atoms with Crippen molar-refractivity contribution in [3.05, 3.63) is 66.2 Å². The number of benzene rings is 2. The van der Waals surface area contributed by atoms with E-state index in [0.29, 0.717) is 16.9 Å². The van der Waals surface area contributed by atoms with Gasteiger partial charge in [-0.1, -0.05) is 31.2 Å². The van der Waals surface area contributed by atoms with Crippen LogP contribution in [0.4, 0.5) is 11.4 Å². The van der Waals surface area contributed by atoms with Gasteiger partial charge in [-0.2, -0.15) is 0 Å². The molecule has 2 aromatic rings. The molecule has 0 heterocycles. The van der Waals surface area contributed by atoms with E-state index in [1.54, 1.807) is 48.5 Å². The first-order chi connectivity index (χ1) is 12.5. The van der Waals surface area contributed by atoms with Crippen LogP contribution >= 0.6 is 0 Å². The quantitative estimate of drug-likeness (QED) is 0.471. The van der Waals surface area contributed by atoms with Crippen LogP contribution in [-0.2, 0) is 9.59 Å². The summed E-state index contributed by atoms with van der Waals surface area (Å²) in [7, 11) is 0. The topological polar surface area (TPSA) is 84.5 Å². The highest BCUT2D eigenvalue weighted by molar-refractivity contribution is 6.08. The molecule has 0 aliphatic carbocycles. The molecule has 0 aliphatic heterocycles.